The zero-order valence-electron chi connectivity index (χ0n) is 29.4. The standard InChI is InChI=1S/2C10H16N.2C10H15.U/c2*11-10-4-7-1-8(5-10)3-9(2-7)6-10;2*1-6-7(2)9(4)10(5)8(6)3;/h2*7-9,11H,1-6H2;2*1-5H3;/q2*-1;;;+2. The van der Waals surface area contributed by atoms with Gasteiger partial charge in [-0.3, -0.25) is 0 Å². The molecule has 0 unspecified atom stereocenters. The van der Waals surface area contributed by atoms with Gasteiger partial charge in [0.15, 0.2) is 0 Å². The van der Waals surface area contributed by atoms with E-state index in [1.807, 2.05) is 0 Å². The van der Waals surface area contributed by atoms with E-state index in [0.29, 0.717) is 0 Å². The Kier molecular flexibility index (Phi) is 12.2. The Balaban J connectivity index is 0.000000131. The van der Waals surface area contributed by atoms with Crippen LogP contribution in [-0.2, 0) is 0 Å². The van der Waals surface area contributed by atoms with Gasteiger partial charge in [-0.1, -0.05) is 108 Å². The van der Waals surface area contributed by atoms with Crippen LogP contribution in [-0.4, -0.2) is 11.1 Å². The number of rotatable bonds is 0. The van der Waals surface area contributed by atoms with Crippen LogP contribution in [0.2, 0.25) is 0 Å². The molecule has 10 rings (SSSR count). The quantitative estimate of drug-likeness (QED) is 0.234. The summed E-state index contributed by atoms with van der Waals surface area (Å²) in [6, 6.07) is 0. The third-order valence-corrected chi connectivity index (χ3v) is 13.7. The van der Waals surface area contributed by atoms with Gasteiger partial charge < -0.3 is 11.5 Å². The van der Waals surface area contributed by atoms with Gasteiger partial charge in [0.1, 0.15) is 0 Å². The summed E-state index contributed by atoms with van der Waals surface area (Å²) in [6.07, 6.45) is 16.2. The SMILES string of the molecule is C[C]1[C](C)[C](C)[C](C)[C]1C.C[C]1[C](C)[C](C)[C](C)[C]1C.[NH-]C12CC3CC(CC(C3)C1)C2.[NH-]C12CC3CC(CC(C3)C1)C2.[U+2]. The smallest absolute Gasteiger partial charge is 0.672 e. The first-order valence-corrected chi connectivity index (χ1v) is 17.5. The molecule has 0 aromatic carbocycles. The van der Waals surface area contributed by atoms with E-state index in [1.54, 1.807) is 0 Å². The van der Waals surface area contributed by atoms with E-state index >= 15 is 0 Å². The molecule has 10 aliphatic carbocycles. The Morgan fingerprint density at radius 1 is 0.326 bits per heavy atom. The average Bonchev–Trinajstić information content (AvgIpc) is 3.17. The van der Waals surface area contributed by atoms with Crippen molar-refractivity contribution in [2.75, 3.05) is 0 Å². The second-order valence-electron chi connectivity index (χ2n) is 16.6. The van der Waals surface area contributed by atoms with Crippen molar-refractivity contribution in [3.8, 4) is 0 Å². The van der Waals surface area contributed by atoms with Crippen molar-refractivity contribution in [2.24, 2.45) is 35.5 Å². The zero-order chi connectivity index (χ0) is 30.7. The minimum atomic E-state index is 0. The molecular weight excluding hydrogens is 746 g/mol. The van der Waals surface area contributed by atoms with E-state index in [9.17, 15) is 0 Å². The molecule has 43 heavy (non-hydrogen) atoms. The Morgan fingerprint density at radius 2 is 0.442 bits per heavy atom. The molecule has 10 aliphatic rings. The molecule has 2 nitrogen and oxygen atoms in total. The second-order valence-corrected chi connectivity index (χ2v) is 16.6. The summed E-state index contributed by atoms with van der Waals surface area (Å²) in [7, 11) is 0. The molecule has 0 aliphatic heterocycles. The number of hydrogen-bond donors (Lipinski definition) is 0. The monoisotopic (exact) mass is 809 g/mol. The van der Waals surface area contributed by atoms with Crippen molar-refractivity contribution < 1.29 is 31.1 Å². The maximum absolute atomic E-state index is 8.21. The molecule has 2 N–H and O–H groups in total. The molecule has 10 fully saturated rings. The summed E-state index contributed by atoms with van der Waals surface area (Å²) < 4.78 is 0. The summed E-state index contributed by atoms with van der Waals surface area (Å²) in [5.74, 6) is 20.4. The van der Waals surface area contributed by atoms with Crippen molar-refractivity contribution in [3.63, 3.8) is 0 Å². The van der Waals surface area contributed by atoms with E-state index in [1.165, 1.54) is 136 Å². The molecule has 0 amide bonds. The maximum Gasteiger partial charge on any atom is 2.00 e. The van der Waals surface area contributed by atoms with Crippen LogP contribution in [0.15, 0.2) is 0 Å². The van der Waals surface area contributed by atoms with E-state index in [-0.39, 0.29) is 42.2 Å². The van der Waals surface area contributed by atoms with Gasteiger partial charge in [0.25, 0.3) is 0 Å². The fourth-order valence-electron chi connectivity index (χ4n) is 11.0. The Labute approximate surface area is 293 Å². The Morgan fingerprint density at radius 3 is 0.535 bits per heavy atom. The molecule has 0 atom stereocenters. The predicted molar refractivity (Wildman–Crippen MR) is 180 cm³/mol. The summed E-state index contributed by atoms with van der Waals surface area (Å²) in [5, 5.41) is 0. The normalized spacial score (nSPS) is 44.1. The zero-order valence-corrected chi connectivity index (χ0v) is 33.6. The van der Waals surface area contributed by atoms with Crippen LogP contribution in [0, 0.1) is 126 Å². The molecule has 10 saturated carbocycles. The number of hydrogen-bond acceptors (Lipinski definition) is 0. The third-order valence-electron chi connectivity index (χ3n) is 13.7. The van der Waals surface area contributed by atoms with Crippen LogP contribution in [0.4, 0.5) is 0 Å². The topological polar surface area (TPSA) is 47.6 Å². The van der Waals surface area contributed by atoms with Gasteiger partial charge in [-0.15, -0.1) is 11.1 Å². The molecule has 3 heteroatoms. The molecule has 0 heterocycles. The van der Waals surface area contributed by atoms with Gasteiger partial charge in [-0.2, -0.15) is 0 Å². The third kappa shape index (κ3) is 8.00. The summed E-state index contributed by atoms with van der Waals surface area (Å²) in [5.41, 5.74) is 16.5. The Hall–Kier alpha value is 0.972. The van der Waals surface area contributed by atoms with Crippen LogP contribution in [0.25, 0.3) is 11.5 Å². The molecule has 10 radical (unpaired) electrons. The van der Waals surface area contributed by atoms with Crippen LogP contribution in [0.3, 0.4) is 0 Å². The van der Waals surface area contributed by atoms with Crippen molar-refractivity contribution in [3.05, 3.63) is 70.6 Å². The first kappa shape index (κ1) is 36.8. The minimum absolute atomic E-state index is 0. The van der Waals surface area contributed by atoms with Crippen molar-refractivity contribution in [1.82, 2.24) is 0 Å². The predicted octanol–water partition coefficient (Wildman–Crippen LogP) is 12.0. The molecule has 0 saturated heterocycles. The summed E-state index contributed by atoms with van der Waals surface area (Å²) in [4.78, 5) is 0. The van der Waals surface area contributed by atoms with Crippen molar-refractivity contribution >= 4 is 0 Å². The summed E-state index contributed by atoms with van der Waals surface area (Å²) in [6.45, 7) is 22.0. The van der Waals surface area contributed by atoms with Gasteiger partial charge in [-0.05, 0) is 133 Å². The fraction of sp³-hybridized carbons (Fsp3) is 0.750. The second kappa shape index (κ2) is 14.2. The van der Waals surface area contributed by atoms with Crippen LogP contribution in [0.5, 0.6) is 0 Å². The van der Waals surface area contributed by atoms with Gasteiger partial charge in [0.05, 0.1) is 0 Å². The summed E-state index contributed by atoms with van der Waals surface area (Å²) >= 11 is 0. The maximum atomic E-state index is 8.21. The molecule has 236 valence electrons. The van der Waals surface area contributed by atoms with E-state index in [0.717, 1.165) is 35.5 Å². The first-order chi connectivity index (χ1) is 19.6. The molecular formula is C40H62N2U. The molecule has 0 aromatic heterocycles. The van der Waals surface area contributed by atoms with Gasteiger partial charge >= 0.3 is 31.1 Å². The van der Waals surface area contributed by atoms with Crippen LogP contribution >= 0.6 is 0 Å². The molecule has 0 spiro atoms. The molecule has 0 aromatic rings. The van der Waals surface area contributed by atoms with Gasteiger partial charge in [-0.25, -0.2) is 0 Å². The van der Waals surface area contributed by atoms with Crippen LogP contribution in [0.1, 0.15) is 146 Å². The van der Waals surface area contributed by atoms with E-state index < -0.39 is 0 Å². The fourth-order valence-corrected chi connectivity index (χ4v) is 11.0. The molecule has 8 bridgehead atoms. The van der Waals surface area contributed by atoms with E-state index in [2.05, 4.69) is 69.2 Å². The van der Waals surface area contributed by atoms with Gasteiger partial charge in [0.2, 0.25) is 0 Å². The average molecular weight is 809 g/mol. The van der Waals surface area contributed by atoms with Crippen LogP contribution < -0.4 is 0 Å². The number of nitrogens with one attached hydrogen (secondary N) is 2. The first-order valence-electron chi connectivity index (χ1n) is 17.5. The Bertz CT molecular complexity index is 667. The largest absolute Gasteiger partial charge is 2.00 e. The van der Waals surface area contributed by atoms with Crippen molar-refractivity contribution in [2.45, 2.75) is 157 Å². The minimum Gasteiger partial charge on any atom is -0.672 e. The van der Waals surface area contributed by atoms with Gasteiger partial charge in [0, 0.05) is 0 Å². The van der Waals surface area contributed by atoms with Crippen molar-refractivity contribution in [1.29, 1.82) is 0 Å². The van der Waals surface area contributed by atoms with E-state index in [4.69, 9.17) is 11.5 Å².